The lowest BCUT2D eigenvalue weighted by molar-refractivity contribution is -0.384. The van der Waals surface area contributed by atoms with Crippen LogP contribution in [-0.2, 0) is 17.5 Å². The van der Waals surface area contributed by atoms with Crippen molar-refractivity contribution < 1.29 is 22.9 Å². The maximum atomic E-state index is 12.8. The number of amides is 1. The smallest absolute Gasteiger partial charge is 0.324 e. The molecule has 1 heterocycles. The van der Waals surface area contributed by atoms with Crippen LogP contribution in [0.1, 0.15) is 11.4 Å². The molecule has 0 saturated heterocycles. The Bertz CT molecular complexity index is 738. The van der Waals surface area contributed by atoms with Crippen LogP contribution in [0.3, 0.4) is 0 Å². The van der Waals surface area contributed by atoms with E-state index in [0.717, 1.165) is 6.07 Å². The van der Waals surface area contributed by atoms with Gasteiger partial charge in [-0.05, 0) is 25.1 Å². The Kier molecular flexibility index (Phi) is 4.34. The second kappa shape index (κ2) is 6.07. The number of alkyl halides is 3. The quantitative estimate of drug-likeness (QED) is 0.690. The number of hydrogen-bond donors (Lipinski definition) is 1. The lowest BCUT2D eigenvalue weighted by Crippen LogP contribution is -2.23. The van der Waals surface area contributed by atoms with E-state index in [0.29, 0.717) is 4.68 Å². The SMILES string of the molecule is Cc1cc(C(F)(F)F)n(CC(=O)Nc2ccc([N+](=O)[O-])cc2)n1. The number of anilines is 1. The average molecular weight is 328 g/mol. The van der Waals surface area contributed by atoms with E-state index >= 15 is 0 Å². The highest BCUT2D eigenvalue weighted by Gasteiger charge is 2.35. The van der Waals surface area contributed by atoms with Crippen molar-refractivity contribution >= 4 is 17.3 Å². The molecule has 0 aliphatic carbocycles. The molecule has 1 aromatic carbocycles. The number of halogens is 3. The number of nitrogens with one attached hydrogen (secondary N) is 1. The van der Waals surface area contributed by atoms with Gasteiger partial charge in [-0.2, -0.15) is 18.3 Å². The molecule has 0 atom stereocenters. The van der Waals surface area contributed by atoms with Crippen LogP contribution in [0.5, 0.6) is 0 Å². The van der Waals surface area contributed by atoms with E-state index in [1.165, 1.54) is 31.2 Å². The molecular weight excluding hydrogens is 317 g/mol. The molecule has 0 bridgehead atoms. The molecule has 1 N–H and O–H groups in total. The van der Waals surface area contributed by atoms with E-state index < -0.39 is 29.2 Å². The van der Waals surface area contributed by atoms with Crippen molar-refractivity contribution in [3.63, 3.8) is 0 Å². The van der Waals surface area contributed by atoms with Gasteiger partial charge in [-0.25, -0.2) is 0 Å². The van der Waals surface area contributed by atoms with E-state index in [4.69, 9.17) is 0 Å². The van der Waals surface area contributed by atoms with Crippen LogP contribution < -0.4 is 5.32 Å². The Hall–Kier alpha value is -2.91. The molecular formula is C13H11F3N4O3. The number of carbonyl (C=O) groups is 1. The Morgan fingerprint density at radius 1 is 1.35 bits per heavy atom. The summed E-state index contributed by atoms with van der Waals surface area (Å²) >= 11 is 0. The zero-order valence-corrected chi connectivity index (χ0v) is 11.8. The number of carbonyl (C=O) groups excluding carboxylic acids is 1. The van der Waals surface area contributed by atoms with Crippen molar-refractivity contribution in [3.05, 3.63) is 51.8 Å². The number of aromatic nitrogens is 2. The Labute approximate surface area is 127 Å². The predicted octanol–water partition coefficient (Wildman–Crippen LogP) is 2.76. The molecule has 0 saturated carbocycles. The first-order valence-electron chi connectivity index (χ1n) is 6.33. The van der Waals surface area contributed by atoms with Gasteiger partial charge >= 0.3 is 6.18 Å². The van der Waals surface area contributed by atoms with Crippen LogP contribution in [0.15, 0.2) is 30.3 Å². The van der Waals surface area contributed by atoms with Crippen molar-refractivity contribution in [2.24, 2.45) is 0 Å². The highest BCUT2D eigenvalue weighted by molar-refractivity contribution is 5.90. The van der Waals surface area contributed by atoms with E-state index in [1.807, 2.05) is 0 Å². The number of hydrogen-bond acceptors (Lipinski definition) is 4. The summed E-state index contributed by atoms with van der Waals surface area (Å²) in [4.78, 5) is 21.7. The minimum atomic E-state index is -4.62. The number of benzene rings is 1. The first-order chi connectivity index (χ1) is 10.7. The molecule has 7 nitrogen and oxygen atoms in total. The summed E-state index contributed by atoms with van der Waals surface area (Å²) in [6.07, 6.45) is -4.62. The van der Waals surface area contributed by atoms with Gasteiger partial charge in [0.1, 0.15) is 12.2 Å². The van der Waals surface area contributed by atoms with E-state index in [9.17, 15) is 28.1 Å². The molecule has 1 amide bonds. The van der Waals surface area contributed by atoms with Crippen LogP contribution in [0.4, 0.5) is 24.5 Å². The Morgan fingerprint density at radius 2 is 1.96 bits per heavy atom. The predicted molar refractivity (Wildman–Crippen MR) is 73.7 cm³/mol. The lowest BCUT2D eigenvalue weighted by Gasteiger charge is -2.10. The number of aryl methyl sites for hydroxylation is 1. The molecule has 1 aromatic heterocycles. The third-order valence-electron chi connectivity index (χ3n) is 2.85. The van der Waals surface area contributed by atoms with Crippen LogP contribution in [0.25, 0.3) is 0 Å². The number of nitro benzene ring substituents is 1. The van der Waals surface area contributed by atoms with E-state index in [-0.39, 0.29) is 17.1 Å². The van der Waals surface area contributed by atoms with Crippen LogP contribution >= 0.6 is 0 Å². The highest BCUT2D eigenvalue weighted by atomic mass is 19.4. The van der Waals surface area contributed by atoms with Crippen LogP contribution in [0.2, 0.25) is 0 Å². The maximum absolute atomic E-state index is 12.8. The molecule has 2 rings (SSSR count). The largest absolute Gasteiger partial charge is 0.433 e. The van der Waals surface area contributed by atoms with E-state index in [2.05, 4.69) is 10.4 Å². The van der Waals surface area contributed by atoms with Gasteiger partial charge in [-0.15, -0.1) is 0 Å². The fourth-order valence-corrected chi connectivity index (χ4v) is 1.90. The first-order valence-corrected chi connectivity index (χ1v) is 6.33. The summed E-state index contributed by atoms with van der Waals surface area (Å²) in [5.74, 6) is -0.729. The monoisotopic (exact) mass is 328 g/mol. The third-order valence-corrected chi connectivity index (χ3v) is 2.85. The zero-order chi connectivity index (χ0) is 17.2. The topological polar surface area (TPSA) is 90.1 Å². The van der Waals surface area contributed by atoms with Gasteiger partial charge in [-0.1, -0.05) is 0 Å². The minimum absolute atomic E-state index is 0.139. The van der Waals surface area contributed by atoms with Gasteiger partial charge in [0.05, 0.1) is 10.6 Å². The maximum Gasteiger partial charge on any atom is 0.433 e. The first kappa shape index (κ1) is 16.5. The molecule has 2 aromatic rings. The molecule has 0 spiro atoms. The summed E-state index contributed by atoms with van der Waals surface area (Å²) in [6, 6.07) is 5.77. The van der Waals surface area contributed by atoms with Crippen LogP contribution in [0, 0.1) is 17.0 Å². The molecule has 0 aliphatic rings. The Morgan fingerprint density at radius 3 is 2.48 bits per heavy atom. The molecule has 122 valence electrons. The second-order valence-electron chi connectivity index (χ2n) is 4.68. The summed E-state index contributed by atoms with van der Waals surface area (Å²) in [7, 11) is 0. The number of nitrogens with zero attached hydrogens (tertiary/aromatic N) is 3. The summed E-state index contributed by atoms with van der Waals surface area (Å²) < 4.78 is 39.0. The number of nitro groups is 1. The fourth-order valence-electron chi connectivity index (χ4n) is 1.90. The van der Waals surface area contributed by atoms with Gasteiger partial charge in [0.2, 0.25) is 5.91 Å². The number of rotatable bonds is 4. The standard InChI is InChI=1S/C13H11F3N4O3/c1-8-6-11(13(14,15)16)19(18-8)7-12(21)17-9-2-4-10(5-3-9)20(22)23/h2-6H,7H2,1H3,(H,17,21). The zero-order valence-electron chi connectivity index (χ0n) is 11.8. The highest BCUT2D eigenvalue weighted by Crippen LogP contribution is 2.29. The van der Waals surface area contributed by atoms with Gasteiger partial charge < -0.3 is 5.32 Å². The lowest BCUT2D eigenvalue weighted by atomic mass is 10.3. The average Bonchev–Trinajstić information content (AvgIpc) is 2.80. The number of non-ortho nitro benzene ring substituents is 1. The van der Waals surface area contributed by atoms with Crippen LogP contribution in [-0.4, -0.2) is 20.6 Å². The van der Waals surface area contributed by atoms with Crippen molar-refractivity contribution in [1.82, 2.24) is 9.78 Å². The normalized spacial score (nSPS) is 11.3. The summed E-state index contributed by atoms with van der Waals surface area (Å²) in [5, 5.41) is 16.5. The molecule has 10 heteroatoms. The Balaban J connectivity index is 2.10. The van der Waals surface area contributed by atoms with E-state index in [1.54, 1.807) is 0 Å². The molecule has 0 radical (unpaired) electrons. The van der Waals surface area contributed by atoms with Crippen molar-refractivity contribution in [1.29, 1.82) is 0 Å². The van der Waals surface area contributed by atoms with Crippen molar-refractivity contribution in [2.45, 2.75) is 19.6 Å². The minimum Gasteiger partial charge on any atom is -0.324 e. The van der Waals surface area contributed by atoms with Gasteiger partial charge in [0.25, 0.3) is 5.69 Å². The molecule has 0 unspecified atom stereocenters. The fraction of sp³-hybridized carbons (Fsp3) is 0.231. The molecule has 0 aliphatic heterocycles. The molecule has 23 heavy (non-hydrogen) atoms. The third kappa shape index (κ3) is 4.05. The van der Waals surface area contributed by atoms with Crippen molar-refractivity contribution in [3.8, 4) is 0 Å². The van der Waals surface area contributed by atoms with Gasteiger partial charge in [0, 0.05) is 17.8 Å². The summed E-state index contributed by atoms with van der Waals surface area (Å²) in [6.45, 7) is 0.764. The van der Waals surface area contributed by atoms with Crippen molar-refractivity contribution in [2.75, 3.05) is 5.32 Å². The van der Waals surface area contributed by atoms with Gasteiger partial charge in [0.15, 0.2) is 0 Å². The second-order valence-corrected chi connectivity index (χ2v) is 4.68. The molecule has 0 fully saturated rings. The van der Waals surface area contributed by atoms with Gasteiger partial charge in [-0.3, -0.25) is 19.6 Å². The summed E-state index contributed by atoms with van der Waals surface area (Å²) in [5.41, 5.74) is -0.808.